The number of nitrogens with zero attached hydrogens (tertiary/aromatic N) is 2. The van der Waals surface area contributed by atoms with E-state index >= 15 is 0 Å². The maximum absolute atomic E-state index is 12.4. The Morgan fingerprint density at radius 1 is 1.10 bits per heavy atom. The van der Waals surface area contributed by atoms with Crippen molar-refractivity contribution in [3.63, 3.8) is 0 Å². The largest absolute Gasteiger partial charge is 0.441 e. The average molecular weight is 410 g/mol. The van der Waals surface area contributed by atoms with Crippen molar-refractivity contribution >= 4 is 28.6 Å². The number of nitrogens with one attached hydrogen (secondary N) is 1. The summed E-state index contributed by atoms with van der Waals surface area (Å²) in [5.74, 6) is 1.04. The van der Waals surface area contributed by atoms with Gasteiger partial charge in [0.2, 0.25) is 5.91 Å². The van der Waals surface area contributed by atoms with Gasteiger partial charge in [0.05, 0.1) is 11.9 Å². The normalized spacial score (nSPS) is 10.6. The van der Waals surface area contributed by atoms with Gasteiger partial charge in [-0.3, -0.25) is 9.59 Å². The highest BCUT2D eigenvalue weighted by molar-refractivity contribution is 8.13. The van der Waals surface area contributed by atoms with E-state index in [1.54, 1.807) is 26.4 Å². The molecule has 7 heteroatoms. The molecule has 0 spiro atoms. The van der Waals surface area contributed by atoms with Crippen molar-refractivity contribution in [1.29, 1.82) is 0 Å². The van der Waals surface area contributed by atoms with Gasteiger partial charge in [0.15, 0.2) is 11.7 Å². The highest BCUT2D eigenvalue weighted by Crippen LogP contribution is 2.29. The molecule has 0 saturated heterocycles. The van der Waals surface area contributed by atoms with Crippen molar-refractivity contribution in [3.8, 4) is 11.3 Å². The van der Waals surface area contributed by atoms with E-state index in [1.807, 2.05) is 49.4 Å². The maximum atomic E-state index is 12.4. The third-order valence-corrected chi connectivity index (χ3v) is 5.29. The molecular formula is C22H23N3O3S. The summed E-state index contributed by atoms with van der Waals surface area (Å²) in [5.41, 5.74) is 2.75. The lowest BCUT2D eigenvalue weighted by atomic mass is 10.1. The number of carbonyl (C=O) groups excluding carboxylic acids is 2. The number of anilines is 1. The van der Waals surface area contributed by atoms with Crippen LogP contribution in [0.25, 0.3) is 11.3 Å². The number of benzene rings is 2. The van der Waals surface area contributed by atoms with Gasteiger partial charge in [0.25, 0.3) is 5.24 Å². The van der Waals surface area contributed by atoms with Crippen LogP contribution in [-0.2, 0) is 11.2 Å². The first-order valence-electron chi connectivity index (χ1n) is 9.22. The molecule has 1 N–H and O–H groups in total. The molecule has 3 aromatic rings. The van der Waals surface area contributed by atoms with Gasteiger partial charge in [0.1, 0.15) is 0 Å². The zero-order valence-electron chi connectivity index (χ0n) is 16.6. The van der Waals surface area contributed by atoms with E-state index < -0.39 is 0 Å². The van der Waals surface area contributed by atoms with Gasteiger partial charge in [-0.15, -0.1) is 0 Å². The van der Waals surface area contributed by atoms with Gasteiger partial charge in [-0.2, -0.15) is 0 Å². The van der Waals surface area contributed by atoms with Gasteiger partial charge < -0.3 is 14.6 Å². The van der Waals surface area contributed by atoms with Crippen LogP contribution in [0.15, 0.2) is 64.0 Å². The number of aryl methyl sites for hydroxylation is 2. The maximum Gasteiger partial charge on any atom is 0.286 e. The predicted molar refractivity (Wildman–Crippen MR) is 115 cm³/mol. The highest BCUT2D eigenvalue weighted by Gasteiger charge is 2.13. The fourth-order valence-corrected chi connectivity index (χ4v) is 3.30. The Labute approximate surface area is 174 Å². The summed E-state index contributed by atoms with van der Waals surface area (Å²) in [6.07, 6.45) is 2.30. The second-order valence-corrected chi connectivity index (χ2v) is 7.78. The second kappa shape index (κ2) is 9.43. The molecule has 0 aliphatic rings. The standard InChI is InChI=1S/C22H23N3O3S/c1-15-8-10-16(11-9-15)18-14-23-21(28-18)13-12-20(26)24-17-6-4-5-7-19(17)29-22(27)25(2)3/h4-11,14H,12-13H2,1-3H3,(H,24,26). The minimum absolute atomic E-state index is 0.102. The van der Waals surface area contributed by atoms with E-state index in [2.05, 4.69) is 10.3 Å². The van der Waals surface area contributed by atoms with Gasteiger partial charge in [0, 0.05) is 37.4 Å². The zero-order chi connectivity index (χ0) is 20.8. The molecule has 0 bridgehead atoms. The van der Waals surface area contributed by atoms with E-state index in [1.165, 1.54) is 10.5 Å². The quantitative estimate of drug-likeness (QED) is 0.580. The number of thioether (sulfide) groups is 1. The summed E-state index contributed by atoms with van der Waals surface area (Å²) in [5, 5.41) is 2.77. The number of rotatable bonds is 6. The lowest BCUT2D eigenvalue weighted by Crippen LogP contribution is -2.17. The number of para-hydroxylation sites is 1. The SMILES string of the molecule is Cc1ccc(-c2cnc(CCC(=O)Nc3ccccc3SC(=O)N(C)C)o2)cc1. The first kappa shape index (κ1) is 20.7. The molecule has 1 aromatic heterocycles. The van der Waals surface area contributed by atoms with Gasteiger partial charge in [-0.1, -0.05) is 42.0 Å². The molecule has 0 unspecified atom stereocenters. The molecule has 1 heterocycles. The highest BCUT2D eigenvalue weighted by atomic mass is 32.2. The van der Waals surface area contributed by atoms with Crippen LogP contribution in [0.4, 0.5) is 10.5 Å². The lowest BCUT2D eigenvalue weighted by Gasteiger charge is -2.13. The number of carbonyl (C=O) groups is 2. The van der Waals surface area contributed by atoms with Crippen molar-refractivity contribution in [2.45, 2.75) is 24.7 Å². The van der Waals surface area contributed by atoms with Gasteiger partial charge in [-0.25, -0.2) is 4.98 Å². The molecule has 0 fully saturated rings. The Morgan fingerprint density at radius 3 is 2.55 bits per heavy atom. The molecule has 2 aromatic carbocycles. The van der Waals surface area contributed by atoms with Crippen LogP contribution in [0.5, 0.6) is 0 Å². The van der Waals surface area contributed by atoms with Crippen LogP contribution in [0.2, 0.25) is 0 Å². The number of aromatic nitrogens is 1. The van der Waals surface area contributed by atoms with E-state index in [0.717, 1.165) is 17.3 Å². The fourth-order valence-electron chi connectivity index (χ4n) is 2.55. The smallest absolute Gasteiger partial charge is 0.286 e. The van der Waals surface area contributed by atoms with Crippen molar-refractivity contribution in [1.82, 2.24) is 9.88 Å². The second-order valence-electron chi connectivity index (χ2n) is 6.79. The van der Waals surface area contributed by atoms with Crippen LogP contribution < -0.4 is 5.32 Å². The zero-order valence-corrected chi connectivity index (χ0v) is 17.5. The van der Waals surface area contributed by atoms with E-state index in [9.17, 15) is 9.59 Å². The molecule has 0 radical (unpaired) electrons. The lowest BCUT2D eigenvalue weighted by molar-refractivity contribution is -0.116. The topological polar surface area (TPSA) is 75.4 Å². The predicted octanol–water partition coefficient (Wildman–Crippen LogP) is 5.00. The van der Waals surface area contributed by atoms with Crippen molar-refractivity contribution in [3.05, 3.63) is 66.2 Å². The van der Waals surface area contributed by atoms with Crippen molar-refractivity contribution < 1.29 is 14.0 Å². The Kier molecular flexibility index (Phi) is 6.72. The molecule has 6 nitrogen and oxygen atoms in total. The minimum atomic E-state index is -0.162. The number of hydrogen-bond acceptors (Lipinski definition) is 5. The summed E-state index contributed by atoms with van der Waals surface area (Å²) >= 11 is 1.08. The Bertz CT molecular complexity index is 997. The monoisotopic (exact) mass is 409 g/mol. The van der Waals surface area contributed by atoms with Gasteiger partial charge >= 0.3 is 0 Å². The van der Waals surface area contributed by atoms with Crippen LogP contribution >= 0.6 is 11.8 Å². The molecule has 0 aliphatic carbocycles. The first-order valence-corrected chi connectivity index (χ1v) is 10.0. The van der Waals surface area contributed by atoms with Gasteiger partial charge in [-0.05, 0) is 30.8 Å². The van der Waals surface area contributed by atoms with Crippen LogP contribution in [0.3, 0.4) is 0 Å². The molecule has 2 amide bonds. The summed E-state index contributed by atoms with van der Waals surface area (Å²) < 4.78 is 5.77. The summed E-state index contributed by atoms with van der Waals surface area (Å²) in [4.78, 5) is 30.8. The minimum Gasteiger partial charge on any atom is -0.441 e. The van der Waals surface area contributed by atoms with Crippen LogP contribution in [0.1, 0.15) is 17.9 Å². The average Bonchev–Trinajstić information content (AvgIpc) is 3.17. The molecule has 29 heavy (non-hydrogen) atoms. The third kappa shape index (κ3) is 5.71. The fraction of sp³-hybridized carbons (Fsp3) is 0.227. The molecule has 0 saturated carbocycles. The Hall–Kier alpha value is -3.06. The number of oxazole rings is 1. The first-order chi connectivity index (χ1) is 13.9. The molecule has 3 rings (SSSR count). The van der Waals surface area contributed by atoms with Crippen molar-refractivity contribution in [2.75, 3.05) is 19.4 Å². The third-order valence-electron chi connectivity index (χ3n) is 4.18. The molecule has 0 aliphatic heterocycles. The molecule has 150 valence electrons. The summed E-state index contributed by atoms with van der Waals surface area (Å²) in [6.45, 7) is 2.03. The summed E-state index contributed by atoms with van der Waals surface area (Å²) in [7, 11) is 3.38. The van der Waals surface area contributed by atoms with Crippen LogP contribution in [0, 0.1) is 6.92 Å². The Balaban J connectivity index is 1.58. The van der Waals surface area contributed by atoms with E-state index in [-0.39, 0.29) is 17.6 Å². The summed E-state index contributed by atoms with van der Waals surface area (Å²) in [6, 6.07) is 15.2. The van der Waals surface area contributed by atoms with E-state index in [4.69, 9.17) is 4.42 Å². The molecule has 0 atom stereocenters. The molecular weight excluding hydrogens is 386 g/mol. The number of hydrogen-bond donors (Lipinski definition) is 1. The number of amides is 2. The van der Waals surface area contributed by atoms with E-state index in [0.29, 0.717) is 28.7 Å². The van der Waals surface area contributed by atoms with Crippen molar-refractivity contribution in [2.24, 2.45) is 0 Å². The Morgan fingerprint density at radius 2 is 1.83 bits per heavy atom. The van der Waals surface area contributed by atoms with Crippen LogP contribution in [-0.4, -0.2) is 35.1 Å².